The van der Waals surface area contributed by atoms with Crippen molar-refractivity contribution in [2.45, 2.75) is 55.9 Å². The number of aromatic hydroxyl groups is 9. The number of aryl methyl sites for hydroxylation is 7. The molecule has 559 valence electrons. The molecule has 0 aliphatic rings. The zero-order valence-electron chi connectivity index (χ0n) is 56.3. The van der Waals surface area contributed by atoms with Crippen molar-refractivity contribution in [2.75, 3.05) is 0 Å². The molecule has 0 atom stereocenters. The van der Waals surface area contributed by atoms with Crippen molar-refractivity contribution in [1.82, 2.24) is 0 Å². The summed E-state index contributed by atoms with van der Waals surface area (Å²) in [5.41, 5.74) is 7.94. The molecule has 0 spiro atoms. The Balaban J connectivity index is -0.000000269. The van der Waals surface area contributed by atoms with Gasteiger partial charge in [-0.1, -0.05) is 137 Å². The van der Waals surface area contributed by atoms with Crippen molar-refractivity contribution in [3.8, 4) is 92.0 Å². The average Bonchev–Trinajstić information content (AvgIpc) is 0.801. The molecule has 16 nitrogen and oxygen atoms in total. The van der Waals surface area contributed by atoms with E-state index in [9.17, 15) is 30.6 Å². The fourth-order valence-corrected chi connectivity index (χ4v) is 9.75. The van der Waals surface area contributed by atoms with Crippen molar-refractivity contribution in [3.63, 3.8) is 0 Å². The number of rotatable bonds is 7. The number of hydrogen-bond acceptors (Lipinski definition) is 16. The normalized spacial score (nSPS) is 8.89. The smallest absolute Gasteiger partial charge is 0 e. The van der Waals surface area contributed by atoms with Crippen LogP contribution in [-0.4, -0.2) is 107 Å². The molecule has 0 aromatic heterocycles. The van der Waals surface area contributed by atoms with Gasteiger partial charge >= 0.3 is 109 Å². The van der Waals surface area contributed by atoms with Crippen LogP contribution in [-0.2, 0) is 24.8 Å². The van der Waals surface area contributed by atoms with Gasteiger partial charge in [0, 0.05) is 155 Å². The average molecular weight is 2570 g/mol. The van der Waals surface area contributed by atoms with Gasteiger partial charge in [-0.2, -0.15) is 0 Å². The van der Waals surface area contributed by atoms with Crippen LogP contribution >= 0.6 is 234 Å². The predicted molar refractivity (Wildman–Crippen MR) is 470 cm³/mol. The standard InChI is InChI=1S/C15H16O.C12H5Br5O4.C12H10O4.C8H9Br.2C7H8O.C6H5BrO2.CH2O3.CH4.BBr3.Br2.ClH.Cu.I2.2K.Na/c1-11-8-9-15(13(3)10-11)16-14-7-5-4-6-12(14)2;13-3-1-5(11(19)8(16)7(3)15)21-6-2-4(14)10(18)9(17)12(6)20;13-8-5-6-12(10(15)7-8)16-11-4-2-1-3-9(11)14;1-6-3-4-8(9)7(2)5-6;2*1-6-4-2-3-5-7(6)8;7-5-2-1-4(8)3-6(5)9;2-1-4-3;;2-1(3)4;1-2;;;1-2;;;/h4-10H,1-3H3;1-2,18-20H;1-7,13-15H;3-5H,1-2H3;2*2-5,8H,1H3;1-3,8-9H;1,3H;1H4;;;1H;;;;;/q;;;;;;;;;;;;+1;;;2*+1/p-3. The summed E-state index contributed by atoms with van der Waals surface area (Å²) in [7, 11) is 4.20. The van der Waals surface area contributed by atoms with Crippen LogP contribution in [0.2, 0.25) is 0 Å². The molecule has 0 aliphatic carbocycles. The monoisotopic (exact) mass is 2560 g/mol. The minimum atomic E-state index is -0.287. The van der Waals surface area contributed by atoms with E-state index in [1.807, 2.05) is 68.4 Å². The molecule has 1 radical (unpaired) electrons. The van der Waals surface area contributed by atoms with Crippen LogP contribution in [0.15, 0.2) is 213 Å². The Morgan fingerprint density at radius 3 is 1.17 bits per heavy atom. The first-order chi connectivity index (χ1) is 47.7. The van der Waals surface area contributed by atoms with E-state index >= 15 is 0 Å². The fraction of sp³-hybridized carbons (Fsp3) is 0.116. The molecule has 0 saturated carbocycles. The number of halogens is 15. The van der Waals surface area contributed by atoms with Gasteiger partial charge < -0.3 is 75.4 Å². The van der Waals surface area contributed by atoms with Gasteiger partial charge in [-0.15, -0.1) is 53.0 Å². The summed E-state index contributed by atoms with van der Waals surface area (Å²) in [5, 5.41) is 103. The van der Waals surface area contributed by atoms with E-state index in [0.717, 1.165) is 34.3 Å². The molecule has 0 heterocycles. The summed E-state index contributed by atoms with van der Waals surface area (Å²) in [6.45, 7) is 13.9. The number of para-hydroxylation sites is 5. The number of benzene rings is 10. The summed E-state index contributed by atoms with van der Waals surface area (Å²) in [6, 6.07) is 52.5. The minimum absolute atomic E-state index is 0. The van der Waals surface area contributed by atoms with Crippen molar-refractivity contribution in [2.24, 2.45) is 0 Å². The SMILES string of the molecule is BrB(Br)Br.BrBr.C.Cc1ccc(Br)c(C)c1.Cc1ccc(Oc2ccccc2C)c(C)c1.Cc1ccccc1O.Cc1ccccc1[O-].II.O=CO[O-].Oc1c(Br)cc(Oc2cc(Br)c(Br)c(Br)c2O)c(O)c1Br.Oc1ccc(Br)c(O)c1.Oc1ccc(Oc2ccccc2O)c(O)c1.[Cl][Cu].[K+].[K].[Na+]. The number of carbonyl (C=O) groups is 1. The molecule has 0 saturated heterocycles. The van der Waals surface area contributed by atoms with Gasteiger partial charge in [0.2, 0.25) is 0 Å². The van der Waals surface area contributed by atoms with Crippen molar-refractivity contribution in [1.29, 1.82) is 0 Å². The van der Waals surface area contributed by atoms with E-state index in [2.05, 4.69) is 325 Å². The summed E-state index contributed by atoms with van der Waals surface area (Å²) < 4.78 is 20.8. The Kier molecular flexibility index (Phi) is 76.6. The molecule has 0 bridgehead atoms. The Labute approximate surface area is 855 Å². The zero-order chi connectivity index (χ0) is 77.6. The van der Waals surface area contributed by atoms with E-state index in [0.29, 0.717) is 28.1 Å². The molecule has 10 aromatic rings. The number of phenols is 9. The maximum Gasteiger partial charge on any atom is 1.00 e. The first-order valence-corrected chi connectivity index (χ1v) is 47.0. The molecule has 10 rings (SSSR count). The maximum atomic E-state index is 10.6. The largest absolute Gasteiger partial charge is 1.00 e. The zero-order valence-corrected chi connectivity index (χ0v) is 89.6. The molecule has 0 aliphatic heterocycles. The quantitative estimate of drug-likeness (QED) is 0.0179. The van der Waals surface area contributed by atoms with Crippen LogP contribution in [0.3, 0.4) is 0 Å². The van der Waals surface area contributed by atoms with E-state index in [4.69, 9.17) is 44.7 Å². The minimum Gasteiger partial charge on any atom is 0 e. The first-order valence-electron chi connectivity index (χ1n) is 27.4. The van der Waals surface area contributed by atoms with Crippen LogP contribution in [0.25, 0.3) is 0 Å². The third-order valence-electron chi connectivity index (χ3n) is 11.6. The molecule has 0 amide bonds. The third-order valence-corrected chi connectivity index (χ3v) is 17.8. The Hall–Kier alpha value is 1.40. The Morgan fingerprint density at radius 1 is 0.410 bits per heavy atom. The molecule has 0 fully saturated rings. The third kappa shape index (κ3) is 49.8. The van der Waals surface area contributed by atoms with Crippen LogP contribution < -0.4 is 106 Å². The molecule has 105 heavy (non-hydrogen) atoms. The van der Waals surface area contributed by atoms with Crippen LogP contribution in [0.5, 0.6) is 92.0 Å². The van der Waals surface area contributed by atoms with E-state index < -0.39 is 0 Å². The van der Waals surface area contributed by atoms with E-state index in [1.165, 1.54) is 69.2 Å². The van der Waals surface area contributed by atoms with E-state index in [1.54, 1.807) is 42.5 Å². The number of ether oxygens (including phenoxy) is 3. The van der Waals surface area contributed by atoms with Gasteiger partial charge in [-0.3, -0.25) is 4.79 Å². The van der Waals surface area contributed by atoms with Gasteiger partial charge in [0.25, 0.3) is 6.47 Å². The number of carbonyl (C=O) groups excluding carboxylic acids is 1. The van der Waals surface area contributed by atoms with Gasteiger partial charge in [-0.25, -0.2) is 0 Å². The van der Waals surface area contributed by atoms with Crippen LogP contribution in [0.1, 0.15) is 46.4 Å². The Morgan fingerprint density at radius 2 is 0.771 bits per heavy atom. The maximum absolute atomic E-state index is 10.6. The topological polar surface area (TPSA) is 282 Å². The molecule has 10 aromatic carbocycles. The van der Waals surface area contributed by atoms with Gasteiger partial charge in [0.15, 0.2) is 46.0 Å². The van der Waals surface area contributed by atoms with Crippen LogP contribution in [0, 0.1) is 48.5 Å². The molecule has 0 unspecified atom stereocenters. The van der Waals surface area contributed by atoms with Gasteiger partial charge in [0.05, 0.1) is 13.4 Å². The van der Waals surface area contributed by atoms with Crippen molar-refractivity contribution < 1.29 is 176 Å². The Bertz CT molecular complexity index is 3820. The second-order valence-corrected chi connectivity index (χ2v) is 31.3. The van der Waals surface area contributed by atoms with Crippen molar-refractivity contribution >= 4 is 295 Å². The van der Waals surface area contributed by atoms with Crippen molar-refractivity contribution in [3.05, 3.63) is 252 Å². The predicted octanol–water partition coefficient (Wildman–Crippen LogP) is 20.1. The first kappa shape index (κ1) is 117. The second-order valence-electron chi connectivity index (χ2n) is 19.0. The molecule has 9 N–H and O–H groups in total. The molecular weight excluding hydrogens is 2510 g/mol. The summed E-state index contributed by atoms with van der Waals surface area (Å²) in [5.74, 6) is 2.21. The van der Waals surface area contributed by atoms with E-state index in [-0.39, 0.29) is 229 Å². The summed E-state index contributed by atoms with van der Waals surface area (Å²) >= 11 is 45.2. The fourth-order valence-electron chi connectivity index (χ4n) is 6.79. The van der Waals surface area contributed by atoms with Gasteiger partial charge in [0.1, 0.15) is 44.7 Å². The van der Waals surface area contributed by atoms with Crippen LogP contribution in [0.4, 0.5) is 0 Å². The second kappa shape index (κ2) is 68.6. The number of hydrogen-bond donors (Lipinski definition) is 9. The number of phenolic OH excluding ortho intramolecular Hbond substituents is 9. The summed E-state index contributed by atoms with van der Waals surface area (Å²) in [4.78, 5) is 11.2. The summed E-state index contributed by atoms with van der Waals surface area (Å²) in [6.07, 6.45) is 0. The molecule has 36 heteroatoms. The van der Waals surface area contributed by atoms with Gasteiger partial charge in [-0.05, 0) is 227 Å². The molecular formula is C69H65BBr12ClCuI2K2NaO16.